The van der Waals surface area contributed by atoms with Crippen molar-refractivity contribution in [1.82, 2.24) is 15.0 Å². The van der Waals surface area contributed by atoms with Crippen molar-refractivity contribution in [2.75, 3.05) is 12.4 Å². The Bertz CT molecular complexity index is 757. The van der Waals surface area contributed by atoms with Crippen LogP contribution in [0.2, 0.25) is 0 Å². The second-order valence-corrected chi connectivity index (χ2v) is 4.78. The standard InChI is InChI=1S/C17H16N4O/c1-12-19-16(13-4-3-9-18-11-13)10-17(20-12)21-14-5-7-15(22-2)8-6-14/h3-11H,1-2H3,(H,19,20,21). The van der Waals surface area contributed by atoms with Gasteiger partial charge in [-0.05, 0) is 43.3 Å². The molecule has 2 heterocycles. The molecule has 0 amide bonds. The summed E-state index contributed by atoms with van der Waals surface area (Å²) in [6, 6.07) is 13.5. The van der Waals surface area contributed by atoms with E-state index in [0.29, 0.717) is 5.82 Å². The first kappa shape index (κ1) is 14.0. The van der Waals surface area contributed by atoms with Crippen molar-refractivity contribution >= 4 is 11.5 Å². The molecule has 1 N–H and O–H groups in total. The predicted molar refractivity (Wildman–Crippen MR) is 86.3 cm³/mol. The van der Waals surface area contributed by atoms with Gasteiger partial charge in [0.15, 0.2) is 0 Å². The van der Waals surface area contributed by atoms with E-state index in [1.54, 1.807) is 19.5 Å². The summed E-state index contributed by atoms with van der Waals surface area (Å²) in [5.41, 5.74) is 2.75. The van der Waals surface area contributed by atoms with E-state index in [4.69, 9.17) is 4.74 Å². The van der Waals surface area contributed by atoms with Gasteiger partial charge in [0.05, 0.1) is 12.8 Å². The molecule has 0 atom stereocenters. The first-order valence-corrected chi connectivity index (χ1v) is 6.92. The van der Waals surface area contributed by atoms with Crippen LogP contribution in [0.1, 0.15) is 5.82 Å². The minimum absolute atomic E-state index is 0.706. The van der Waals surface area contributed by atoms with Gasteiger partial charge < -0.3 is 10.1 Å². The van der Waals surface area contributed by atoms with Crippen LogP contribution in [0.15, 0.2) is 54.9 Å². The smallest absolute Gasteiger partial charge is 0.134 e. The number of benzene rings is 1. The maximum Gasteiger partial charge on any atom is 0.134 e. The zero-order valence-corrected chi connectivity index (χ0v) is 12.4. The van der Waals surface area contributed by atoms with Crippen molar-refractivity contribution in [2.24, 2.45) is 0 Å². The topological polar surface area (TPSA) is 59.9 Å². The van der Waals surface area contributed by atoms with Gasteiger partial charge in [-0.3, -0.25) is 4.98 Å². The van der Waals surface area contributed by atoms with Gasteiger partial charge in [-0.25, -0.2) is 9.97 Å². The molecule has 0 saturated heterocycles. The number of aryl methyl sites for hydroxylation is 1. The van der Waals surface area contributed by atoms with E-state index >= 15 is 0 Å². The number of aromatic nitrogens is 3. The highest BCUT2D eigenvalue weighted by molar-refractivity contribution is 5.65. The average Bonchev–Trinajstić information content (AvgIpc) is 2.56. The summed E-state index contributed by atoms with van der Waals surface area (Å²) in [6.45, 7) is 1.87. The summed E-state index contributed by atoms with van der Waals surface area (Å²) < 4.78 is 5.16. The molecule has 110 valence electrons. The van der Waals surface area contributed by atoms with E-state index in [1.807, 2.05) is 49.4 Å². The summed E-state index contributed by atoms with van der Waals surface area (Å²) in [5.74, 6) is 2.27. The highest BCUT2D eigenvalue weighted by Crippen LogP contribution is 2.22. The van der Waals surface area contributed by atoms with Gasteiger partial charge in [0.25, 0.3) is 0 Å². The number of nitrogens with one attached hydrogen (secondary N) is 1. The predicted octanol–water partition coefficient (Wildman–Crippen LogP) is 3.60. The van der Waals surface area contributed by atoms with Crippen LogP contribution in [-0.4, -0.2) is 22.1 Å². The maximum atomic E-state index is 5.16. The van der Waals surface area contributed by atoms with E-state index in [0.717, 1.165) is 28.5 Å². The first-order valence-electron chi connectivity index (χ1n) is 6.92. The van der Waals surface area contributed by atoms with Gasteiger partial charge in [-0.1, -0.05) is 0 Å². The van der Waals surface area contributed by atoms with Crippen LogP contribution in [0.4, 0.5) is 11.5 Å². The monoisotopic (exact) mass is 292 g/mol. The molecule has 3 rings (SSSR count). The Morgan fingerprint density at radius 2 is 1.86 bits per heavy atom. The Hall–Kier alpha value is -2.95. The summed E-state index contributed by atoms with van der Waals surface area (Å²) in [4.78, 5) is 13.0. The molecule has 0 saturated carbocycles. The highest BCUT2D eigenvalue weighted by Gasteiger charge is 2.05. The molecule has 1 aromatic carbocycles. The van der Waals surface area contributed by atoms with Gasteiger partial charge >= 0.3 is 0 Å². The lowest BCUT2D eigenvalue weighted by Gasteiger charge is -2.09. The summed E-state index contributed by atoms with van der Waals surface area (Å²) in [6.07, 6.45) is 3.53. The van der Waals surface area contributed by atoms with E-state index in [-0.39, 0.29) is 0 Å². The minimum Gasteiger partial charge on any atom is -0.497 e. The summed E-state index contributed by atoms with van der Waals surface area (Å²) in [5, 5.41) is 3.28. The normalized spacial score (nSPS) is 10.3. The van der Waals surface area contributed by atoms with E-state index in [1.165, 1.54) is 0 Å². The number of ether oxygens (including phenoxy) is 1. The quantitative estimate of drug-likeness (QED) is 0.796. The second-order valence-electron chi connectivity index (χ2n) is 4.78. The second kappa shape index (κ2) is 6.22. The van der Waals surface area contributed by atoms with E-state index in [2.05, 4.69) is 20.3 Å². The summed E-state index contributed by atoms with van der Waals surface area (Å²) >= 11 is 0. The van der Waals surface area contributed by atoms with Crippen LogP contribution >= 0.6 is 0 Å². The highest BCUT2D eigenvalue weighted by atomic mass is 16.5. The fourth-order valence-corrected chi connectivity index (χ4v) is 2.12. The van der Waals surface area contributed by atoms with Crippen LogP contribution in [0, 0.1) is 6.92 Å². The molecule has 2 aromatic heterocycles. The largest absolute Gasteiger partial charge is 0.497 e. The molecule has 0 bridgehead atoms. The molecule has 0 aliphatic rings. The number of rotatable bonds is 4. The molecule has 0 radical (unpaired) electrons. The molecule has 3 aromatic rings. The molecule has 0 aliphatic heterocycles. The average molecular weight is 292 g/mol. The summed E-state index contributed by atoms with van der Waals surface area (Å²) in [7, 11) is 1.65. The molecule has 0 fully saturated rings. The fourth-order valence-electron chi connectivity index (χ4n) is 2.12. The van der Waals surface area contributed by atoms with Crippen LogP contribution in [0.3, 0.4) is 0 Å². The lowest BCUT2D eigenvalue weighted by molar-refractivity contribution is 0.415. The molecule has 0 aliphatic carbocycles. The van der Waals surface area contributed by atoms with Gasteiger partial charge in [-0.2, -0.15) is 0 Å². The molecule has 0 unspecified atom stereocenters. The van der Waals surface area contributed by atoms with Crippen molar-refractivity contribution in [3.05, 3.63) is 60.7 Å². The molecule has 0 spiro atoms. The first-order chi connectivity index (χ1) is 10.7. The van der Waals surface area contributed by atoms with Crippen molar-refractivity contribution in [3.8, 4) is 17.0 Å². The number of methoxy groups -OCH3 is 1. The van der Waals surface area contributed by atoms with Gasteiger partial charge in [-0.15, -0.1) is 0 Å². The van der Waals surface area contributed by atoms with Crippen molar-refractivity contribution in [3.63, 3.8) is 0 Å². The Morgan fingerprint density at radius 1 is 1.05 bits per heavy atom. The van der Waals surface area contributed by atoms with Gasteiger partial charge in [0.1, 0.15) is 17.4 Å². The third-order valence-electron chi connectivity index (χ3n) is 3.16. The zero-order valence-electron chi connectivity index (χ0n) is 12.4. The molecule has 22 heavy (non-hydrogen) atoms. The van der Waals surface area contributed by atoms with Gasteiger partial charge in [0.2, 0.25) is 0 Å². The Balaban J connectivity index is 1.89. The van der Waals surface area contributed by atoms with E-state index < -0.39 is 0 Å². The molecular formula is C17H16N4O. The zero-order chi connectivity index (χ0) is 15.4. The fraction of sp³-hybridized carbons (Fsp3) is 0.118. The van der Waals surface area contributed by atoms with Crippen LogP contribution < -0.4 is 10.1 Å². The Labute approximate surface area is 129 Å². The Kier molecular flexibility index (Phi) is 3.96. The SMILES string of the molecule is COc1ccc(Nc2cc(-c3cccnc3)nc(C)n2)cc1. The van der Waals surface area contributed by atoms with Crippen LogP contribution in [0.5, 0.6) is 5.75 Å². The van der Waals surface area contributed by atoms with Crippen LogP contribution in [0.25, 0.3) is 11.3 Å². The number of hydrogen-bond acceptors (Lipinski definition) is 5. The van der Waals surface area contributed by atoms with Crippen molar-refractivity contribution in [1.29, 1.82) is 0 Å². The number of pyridine rings is 1. The molecule has 5 nitrogen and oxygen atoms in total. The number of hydrogen-bond donors (Lipinski definition) is 1. The molecular weight excluding hydrogens is 276 g/mol. The third-order valence-corrected chi connectivity index (χ3v) is 3.16. The lowest BCUT2D eigenvalue weighted by Crippen LogP contribution is -1.99. The van der Waals surface area contributed by atoms with Crippen molar-refractivity contribution < 1.29 is 4.74 Å². The lowest BCUT2D eigenvalue weighted by atomic mass is 10.2. The van der Waals surface area contributed by atoms with Gasteiger partial charge in [0, 0.05) is 29.7 Å². The van der Waals surface area contributed by atoms with Crippen molar-refractivity contribution in [2.45, 2.75) is 6.92 Å². The van der Waals surface area contributed by atoms with Crippen LogP contribution in [-0.2, 0) is 0 Å². The molecule has 5 heteroatoms. The third kappa shape index (κ3) is 3.20. The maximum absolute atomic E-state index is 5.16. The minimum atomic E-state index is 0.706. The number of anilines is 2. The van der Waals surface area contributed by atoms with E-state index in [9.17, 15) is 0 Å². The number of nitrogens with zero attached hydrogens (tertiary/aromatic N) is 3. The Morgan fingerprint density at radius 3 is 2.55 bits per heavy atom.